The van der Waals surface area contributed by atoms with E-state index in [4.69, 9.17) is 11.6 Å². The Morgan fingerprint density at radius 1 is 1.47 bits per heavy atom. The van der Waals surface area contributed by atoms with Gasteiger partial charge in [-0.2, -0.15) is 0 Å². The maximum Gasteiger partial charge on any atom is 0.150 e. The number of benzene rings is 1. The molecule has 1 aliphatic rings. The standard InChI is InChI=1S/C13H17ClO2S/c1-10-3-2-4-11(7-10)13(8-14)12-5-6-17(15,16)9-12/h2-4,7,12-13H,5-6,8-9H2,1H3. The average Bonchev–Trinajstić information content (AvgIpc) is 2.60. The van der Waals surface area contributed by atoms with Gasteiger partial charge < -0.3 is 0 Å². The van der Waals surface area contributed by atoms with Crippen LogP contribution in [0, 0.1) is 12.8 Å². The van der Waals surface area contributed by atoms with Gasteiger partial charge in [-0.1, -0.05) is 29.8 Å². The van der Waals surface area contributed by atoms with Crippen LogP contribution >= 0.6 is 11.6 Å². The summed E-state index contributed by atoms with van der Waals surface area (Å²) in [7, 11) is -2.83. The van der Waals surface area contributed by atoms with E-state index in [0.717, 1.165) is 6.42 Å². The van der Waals surface area contributed by atoms with Crippen LogP contribution < -0.4 is 0 Å². The maximum absolute atomic E-state index is 11.5. The van der Waals surface area contributed by atoms with Crippen LogP contribution in [0.1, 0.15) is 23.5 Å². The molecule has 4 heteroatoms. The number of hydrogen-bond acceptors (Lipinski definition) is 2. The Balaban J connectivity index is 2.23. The Labute approximate surface area is 108 Å². The van der Waals surface area contributed by atoms with E-state index in [1.807, 2.05) is 25.1 Å². The third-order valence-electron chi connectivity index (χ3n) is 3.47. The van der Waals surface area contributed by atoms with Crippen LogP contribution in [0.2, 0.25) is 0 Å². The van der Waals surface area contributed by atoms with Crippen molar-refractivity contribution >= 4 is 21.4 Å². The lowest BCUT2D eigenvalue weighted by Crippen LogP contribution is -2.16. The van der Waals surface area contributed by atoms with Gasteiger partial charge in [0.15, 0.2) is 9.84 Å². The molecular formula is C13H17ClO2S. The Morgan fingerprint density at radius 3 is 2.76 bits per heavy atom. The van der Waals surface area contributed by atoms with Gasteiger partial charge in [0.05, 0.1) is 11.5 Å². The van der Waals surface area contributed by atoms with Crippen molar-refractivity contribution in [1.82, 2.24) is 0 Å². The van der Waals surface area contributed by atoms with Crippen molar-refractivity contribution in [3.8, 4) is 0 Å². The first-order chi connectivity index (χ1) is 8.02. The normalized spacial score (nSPS) is 24.7. The van der Waals surface area contributed by atoms with E-state index in [-0.39, 0.29) is 11.8 Å². The number of hydrogen-bond donors (Lipinski definition) is 0. The van der Waals surface area contributed by atoms with Gasteiger partial charge in [-0.25, -0.2) is 8.42 Å². The Hall–Kier alpha value is -0.540. The minimum Gasteiger partial charge on any atom is -0.229 e. The van der Waals surface area contributed by atoms with E-state index >= 15 is 0 Å². The fourth-order valence-electron chi connectivity index (χ4n) is 2.53. The summed E-state index contributed by atoms with van der Waals surface area (Å²) in [4.78, 5) is 0. The first-order valence-corrected chi connectivity index (χ1v) is 8.20. The third kappa shape index (κ3) is 3.02. The Kier molecular flexibility index (Phi) is 3.79. The Bertz CT molecular complexity index is 496. The topological polar surface area (TPSA) is 34.1 Å². The highest BCUT2D eigenvalue weighted by atomic mass is 35.5. The molecule has 1 saturated heterocycles. The van der Waals surface area contributed by atoms with Crippen molar-refractivity contribution in [2.24, 2.45) is 5.92 Å². The monoisotopic (exact) mass is 272 g/mol. The molecule has 2 rings (SSSR count). The van der Waals surface area contributed by atoms with Crippen LogP contribution in [-0.4, -0.2) is 25.8 Å². The van der Waals surface area contributed by atoms with Gasteiger partial charge in [-0.15, -0.1) is 11.6 Å². The smallest absolute Gasteiger partial charge is 0.150 e. The average molecular weight is 273 g/mol. The largest absolute Gasteiger partial charge is 0.229 e. The molecule has 2 unspecified atom stereocenters. The van der Waals surface area contributed by atoms with E-state index in [1.54, 1.807) is 0 Å². The first-order valence-electron chi connectivity index (χ1n) is 5.85. The number of sulfone groups is 1. The van der Waals surface area contributed by atoms with E-state index < -0.39 is 9.84 Å². The predicted molar refractivity (Wildman–Crippen MR) is 71.4 cm³/mol. The highest BCUT2D eigenvalue weighted by Gasteiger charge is 2.33. The Morgan fingerprint density at radius 2 is 2.24 bits per heavy atom. The van der Waals surface area contributed by atoms with Crippen molar-refractivity contribution in [1.29, 1.82) is 0 Å². The second-order valence-corrected chi connectivity index (χ2v) is 7.38. The summed E-state index contributed by atoms with van der Waals surface area (Å²) in [5.41, 5.74) is 2.36. The first kappa shape index (κ1) is 12.9. The van der Waals surface area contributed by atoms with Crippen LogP contribution in [0.3, 0.4) is 0 Å². The van der Waals surface area contributed by atoms with Gasteiger partial charge in [0.1, 0.15) is 0 Å². The molecule has 1 heterocycles. The van der Waals surface area contributed by atoms with Gasteiger partial charge >= 0.3 is 0 Å². The van der Waals surface area contributed by atoms with E-state index in [2.05, 4.69) is 6.07 Å². The fourth-order valence-corrected chi connectivity index (χ4v) is 4.84. The van der Waals surface area contributed by atoms with Gasteiger partial charge in [0.25, 0.3) is 0 Å². The highest BCUT2D eigenvalue weighted by molar-refractivity contribution is 7.91. The second-order valence-electron chi connectivity index (χ2n) is 4.84. The van der Waals surface area contributed by atoms with Gasteiger partial charge in [0, 0.05) is 11.8 Å². The van der Waals surface area contributed by atoms with Crippen LogP contribution in [-0.2, 0) is 9.84 Å². The lowest BCUT2D eigenvalue weighted by atomic mass is 9.86. The predicted octanol–water partition coefficient (Wildman–Crippen LogP) is 2.75. The second kappa shape index (κ2) is 4.99. The number of halogens is 1. The van der Waals surface area contributed by atoms with Crippen LogP contribution in [0.5, 0.6) is 0 Å². The molecule has 17 heavy (non-hydrogen) atoms. The number of aryl methyl sites for hydroxylation is 1. The molecule has 0 radical (unpaired) electrons. The fraction of sp³-hybridized carbons (Fsp3) is 0.538. The molecule has 2 atom stereocenters. The van der Waals surface area contributed by atoms with E-state index in [9.17, 15) is 8.42 Å². The molecule has 0 bridgehead atoms. The van der Waals surface area contributed by atoms with Crippen molar-refractivity contribution in [2.75, 3.05) is 17.4 Å². The summed E-state index contributed by atoms with van der Waals surface area (Å²) in [5, 5.41) is 0. The van der Waals surface area contributed by atoms with Crippen molar-refractivity contribution in [2.45, 2.75) is 19.3 Å². The molecule has 1 aromatic rings. The minimum absolute atomic E-state index is 0.161. The van der Waals surface area contributed by atoms with Gasteiger partial charge in [-0.05, 0) is 24.8 Å². The molecule has 0 spiro atoms. The van der Waals surface area contributed by atoms with Gasteiger partial charge in [0.2, 0.25) is 0 Å². The molecule has 1 fully saturated rings. The van der Waals surface area contributed by atoms with Crippen LogP contribution in [0.4, 0.5) is 0 Å². The molecule has 0 aromatic heterocycles. The molecule has 0 amide bonds. The zero-order valence-electron chi connectivity index (χ0n) is 9.90. The van der Waals surface area contributed by atoms with Crippen molar-refractivity contribution in [3.05, 3.63) is 35.4 Å². The van der Waals surface area contributed by atoms with Crippen molar-refractivity contribution < 1.29 is 8.42 Å². The molecule has 94 valence electrons. The summed E-state index contributed by atoms with van der Waals surface area (Å²) < 4.78 is 23.0. The van der Waals surface area contributed by atoms with E-state index in [0.29, 0.717) is 17.4 Å². The third-order valence-corrected chi connectivity index (χ3v) is 5.60. The highest BCUT2D eigenvalue weighted by Crippen LogP contribution is 2.34. The molecule has 0 saturated carbocycles. The SMILES string of the molecule is Cc1cccc(C(CCl)C2CCS(=O)(=O)C2)c1. The zero-order valence-corrected chi connectivity index (χ0v) is 11.5. The lowest BCUT2D eigenvalue weighted by Gasteiger charge is -2.20. The zero-order chi connectivity index (χ0) is 12.5. The minimum atomic E-state index is -2.83. The lowest BCUT2D eigenvalue weighted by molar-refractivity contribution is 0.501. The van der Waals surface area contributed by atoms with E-state index in [1.165, 1.54) is 11.1 Å². The summed E-state index contributed by atoms with van der Waals surface area (Å²) in [6.07, 6.45) is 0.744. The molecule has 1 aromatic carbocycles. The number of rotatable bonds is 3. The summed E-state index contributed by atoms with van der Waals surface area (Å²) in [6.45, 7) is 2.04. The van der Waals surface area contributed by atoms with Gasteiger partial charge in [-0.3, -0.25) is 0 Å². The summed E-state index contributed by atoms with van der Waals surface area (Å²) in [6, 6.07) is 8.21. The maximum atomic E-state index is 11.5. The van der Waals surface area contributed by atoms with Crippen molar-refractivity contribution in [3.63, 3.8) is 0 Å². The molecule has 0 N–H and O–H groups in total. The summed E-state index contributed by atoms with van der Waals surface area (Å²) in [5.74, 6) is 1.44. The quantitative estimate of drug-likeness (QED) is 0.793. The molecule has 0 aliphatic carbocycles. The van der Waals surface area contributed by atoms with Crippen LogP contribution in [0.15, 0.2) is 24.3 Å². The van der Waals surface area contributed by atoms with Crippen LogP contribution in [0.25, 0.3) is 0 Å². The number of alkyl halides is 1. The molecule has 1 aliphatic heterocycles. The molecule has 2 nitrogen and oxygen atoms in total. The summed E-state index contributed by atoms with van der Waals surface area (Å²) >= 11 is 6.03. The molecular weight excluding hydrogens is 256 g/mol.